The van der Waals surface area contributed by atoms with E-state index >= 15 is 0 Å². The van der Waals surface area contributed by atoms with Crippen LogP contribution in [0.2, 0.25) is 0 Å². The van der Waals surface area contributed by atoms with Crippen molar-refractivity contribution in [3.63, 3.8) is 0 Å². The minimum Gasteiger partial charge on any atom is -0.505 e. The van der Waals surface area contributed by atoms with Gasteiger partial charge in [-0.3, -0.25) is 10.1 Å². The van der Waals surface area contributed by atoms with Crippen LogP contribution in [0.4, 0.5) is 18.9 Å². The molecule has 1 rings (SSSR count). The lowest BCUT2D eigenvalue weighted by Crippen LogP contribution is -2.36. The molecule has 0 bridgehead atoms. The Morgan fingerprint density at radius 2 is 2.06 bits per heavy atom. The quantitative estimate of drug-likeness (QED) is 0.557. The molecule has 100 valence electrons. The molecule has 9 heteroatoms. The van der Waals surface area contributed by atoms with Gasteiger partial charge in [0, 0.05) is 11.6 Å². The van der Waals surface area contributed by atoms with E-state index in [1.807, 2.05) is 0 Å². The molecule has 1 aromatic carbocycles. The lowest BCUT2D eigenvalue weighted by atomic mass is 10.00. The molecule has 0 amide bonds. The number of hydrogen-bond donors (Lipinski definition) is 3. The Balaban J connectivity index is 3.35. The maximum absolute atomic E-state index is 13.1. The number of phenols is 1. The lowest BCUT2D eigenvalue weighted by Gasteiger charge is -2.22. The topological polar surface area (TPSA) is 110 Å². The summed E-state index contributed by atoms with van der Waals surface area (Å²) in [6.07, 6.45) is 0. The number of benzene rings is 1. The molecule has 4 N–H and O–H groups in total. The smallest absolute Gasteiger partial charge is 0.289 e. The molecule has 0 saturated heterocycles. The average Bonchev–Trinajstić information content (AvgIpc) is 2.31. The largest absolute Gasteiger partial charge is 0.505 e. The number of hydrogen-bond acceptors (Lipinski definition) is 5. The van der Waals surface area contributed by atoms with Crippen molar-refractivity contribution >= 4 is 5.69 Å². The van der Waals surface area contributed by atoms with Gasteiger partial charge in [-0.15, -0.1) is 0 Å². The van der Waals surface area contributed by atoms with Gasteiger partial charge in [0.25, 0.3) is 11.6 Å². The highest BCUT2D eigenvalue weighted by atomic mass is 19.3. The summed E-state index contributed by atoms with van der Waals surface area (Å²) in [5.41, 5.74) is 3.39. The van der Waals surface area contributed by atoms with Gasteiger partial charge in [0.1, 0.15) is 12.6 Å². The second kappa shape index (κ2) is 4.78. The second-order valence-electron chi connectivity index (χ2n) is 3.52. The van der Waals surface area contributed by atoms with Crippen molar-refractivity contribution in [2.24, 2.45) is 5.73 Å². The molecule has 1 atom stereocenters. The zero-order chi connectivity index (χ0) is 14.1. The molecule has 0 radical (unpaired) electrons. The number of aromatic hydroxyl groups is 1. The molecule has 6 nitrogen and oxygen atoms in total. The first kappa shape index (κ1) is 14.2. The van der Waals surface area contributed by atoms with E-state index in [2.05, 4.69) is 0 Å². The monoisotopic (exact) mass is 266 g/mol. The molecule has 0 unspecified atom stereocenters. The van der Waals surface area contributed by atoms with Crippen LogP contribution in [0.15, 0.2) is 12.1 Å². The highest BCUT2D eigenvalue weighted by Gasteiger charge is 2.40. The van der Waals surface area contributed by atoms with Gasteiger partial charge in [-0.2, -0.15) is 0 Å². The van der Waals surface area contributed by atoms with E-state index in [1.54, 1.807) is 0 Å². The van der Waals surface area contributed by atoms with Crippen LogP contribution in [0, 0.1) is 15.9 Å². The number of nitro groups is 1. The summed E-state index contributed by atoms with van der Waals surface area (Å²) in [7, 11) is 0. The van der Waals surface area contributed by atoms with E-state index < -0.39 is 46.3 Å². The summed E-state index contributed by atoms with van der Waals surface area (Å²) in [6, 6.07) is -1.35. The number of alkyl halides is 2. The van der Waals surface area contributed by atoms with Gasteiger partial charge in [-0.05, 0) is 0 Å². The maximum atomic E-state index is 13.1. The Bertz CT molecular complexity index is 481. The van der Waals surface area contributed by atoms with Crippen molar-refractivity contribution in [2.75, 3.05) is 6.61 Å². The first-order valence-electron chi connectivity index (χ1n) is 4.61. The molecule has 1 aromatic rings. The van der Waals surface area contributed by atoms with Gasteiger partial charge in [0.15, 0.2) is 11.6 Å². The van der Waals surface area contributed by atoms with Gasteiger partial charge in [0.05, 0.1) is 11.0 Å². The van der Waals surface area contributed by atoms with Gasteiger partial charge >= 0.3 is 0 Å². The van der Waals surface area contributed by atoms with Crippen molar-refractivity contribution in [3.8, 4) is 5.75 Å². The zero-order valence-electron chi connectivity index (χ0n) is 8.81. The third-order valence-corrected chi connectivity index (χ3v) is 2.29. The Kier molecular flexibility index (Phi) is 3.77. The SMILES string of the molecule is N[C@H](c1cc([N+](=O)[O-])cc(F)c1O)C(F)(F)CO. The molecule has 18 heavy (non-hydrogen) atoms. The van der Waals surface area contributed by atoms with Crippen LogP contribution in [0.5, 0.6) is 5.75 Å². The fourth-order valence-electron chi connectivity index (χ4n) is 1.27. The van der Waals surface area contributed by atoms with Crippen molar-refractivity contribution in [1.29, 1.82) is 0 Å². The molecule has 0 saturated carbocycles. The highest BCUT2D eigenvalue weighted by molar-refractivity contribution is 5.46. The zero-order valence-corrected chi connectivity index (χ0v) is 8.81. The number of nitro benzene ring substituents is 1. The second-order valence-corrected chi connectivity index (χ2v) is 3.52. The standard InChI is InChI=1S/C9H9F3N2O4/c10-6-2-4(14(17)18)1-5(7(6)16)8(13)9(11,12)3-15/h1-2,8,15-16H,3,13H2/t8-/m1/s1. The minimum absolute atomic E-state index is 0.378. The molecule has 0 aromatic heterocycles. The predicted octanol–water partition coefficient (Wildman–Crippen LogP) is 1.07. The van der Waals surface area contributed by atoms with Gasteiger partial charge in [0.2, 0.25) is 0 Å². The van der Waals surface area contributed by atoms with Crippen molar-refractivity contribution in [2.45, 2.75) is 12.0 Å². The van der Waals surface area contributed by atoms with Crippen LogP contribution < -0.4 is 5.73 Å². The summed E-state index contributed by atoms with van der Waals surface area (Å²) in [5.74, 6) is -6.50. The molecule has 0 heterocycles. The maximum Gasteiger partial charge on any atom is 0.289 e. The summed E-state index contributed by atoms with van der Waals surface area (Å²) in [4.78, 5) is 9.42. The number of aliphatic hydroxyl groups excluding tert-OH is 1. The molecule has 0 aliphatic carbocycles. The third-order valence-electron chi connectivity index (χ3n) is 2.29. The van der Waals surface area contributed by atoms with Gasteiger partial charge in [-0.25, -0.2) is 13.2 Å². The van der Waals surface area contributed by atoms with E-state index in [4.69, 9.17) is 10.8 Å². The molecule has 0 aliphatic heterocycles. The lowest BCUT2D eigenvalue weighted by molar-refractivity contribution is -0.385. The number of aliphatic hydroxyl groups is 1. The minimum atomic E-state index is -3.85. The van der Waals surface area contributed by atoms with Crippen LogP contribution in [-0.2, 0) is 0 Å². The van der Waals surface area contributed by atoms with E-state index in [1.165, 1.54) is 0 Å². The van der Waals surface area contributed by atoms with Crippen LogP contribution in [0.3, 0.4) is 0 Å². The molecule has 0 spiro atoms. The first-order chi connectivity index (χ1) is 8.20. The Hall–Kier alpha value is -1.87. The van der Waals surface area contributed by atoms with Crippen LogP contribution in [0.25, 0.3) is 0 Å². The van der Waals surface area contributed by atoms with Crippen LogP contribution in [0.1, 0.15) is 11.6 Å². The Labute approximate surface area is 98.6 Å². The van der Waals surface area contributed by atoms with Crippen molar-refractivity contribution in [1.82, 2.24) is 0 Å². The number of nitrogens with zero attached hydrogens (tertiary/aromatic N) is 1. The normalized spacial score (nSPS) is 13.4. The van der Waals surface area contributed by atoms with Crippen molar-refractivity contribution in [3.05, 3.63) is 33.6 Å². The third kappa shape index (κ3) is 2.51. The molecular weight excluding hydrogens is 257 g/mol. The number of nitrogens with two attached hydrogens (primary N) is 1. The molecular formula is C9H9F3N2O4. The average molecular weight is 266 g/mol. The summed E-state index contributed by atoms with van der Waals surface area (Å²) in [6.45, 7) is -1.64. The van der Waals surface area contributed by atoms with E-state index in [9.17, 15) is 28.4 Å². The fourth-order valence-corrected chi connectivity index (χ4v) is 1.27. The number of halogens is 3. The summed E-state index contributed by atoms with van der Waals surface area (Å²) >= 11 is 0. The van der Waals surface area contributed by atoms with E-state index in [0.29, 0.717) is 12.1 Å². The Morgan fingerprint density at radius 3 is 2.50 bits per heavy atom. The van der Waals surface area contributed by atoms with Crippen molar-refractivity contribution < 1.29 is 28.3 Å². The number of non-ortho nitro benzene ring substituents is 1. The summed E-state index contributed by atoms with van der Waals surface area (Å²) < 4.78 is 39.3. The first-order valence-corrected chi connectivity index (χ1v) is 4.61. The summed E-state index contributed by atoms with van der Waals surface area (Å²) in [5, 5.41) is 28.1. The van der Waals surface area contributed by atoms with Crippen LogP contribution >= 0.6 is 0 Å². The van der Waals surface area contributed by atoms with E-state index in [-0.39, 0.29) is 0 Å². The van der Waals surface area contributed by atoms with Gasteiger partial charge in [-0.1, -0.05) is 0 Å². The van der Waals surface area contributed by atoms with E-state index in [0.717, 1.165) is 0 Å². The molecule has 0 aliphatic rings. The fraction of sp³-hybridized carbons (Fsp3) is 0.333. The molecule has 0 fully saturated rings. The number of rotatable bonds is 4. The Morgan fingerprint density at radius 1 is 1.50 bits per heavy atom. The van der Waals surface area contributed by atoms with Crippen LogP contribution in [-0.4, -0.2) is 27.7 Å². The highest BCUT2D eigenvalue weighted by Crippen LogP contribution is 2.37. The predicted molar refractivity (Wildman–Crippen MR) is 53.7 cm³/mol. The number of phenolic OH excluding ortho intramolecular Hbond substituents is 1. The van der Waals surface area contributed by atoms with Gasteiger partial charge < -0.3 is 15.9 Å².